The SMILES string of the molecule is CO[C@@H]1C[C@H](CNc2ccnc(C)c2)N(c2cc(N)ncn2)C1. The van der Waals surface area contributed by atoms with Crippen LogP contribution >= 0.6 is 0 Å². The second-order valence-corrected chi connectivity index (χ2v) is 5.77. The molecule has 0 spiro atoms. The third-order valence-corrected chi connectivity index (χ3v) is 4.12. The van der Waals surface area contributed by atoms with E-state index in [1.54, 1.807) is 7.11 Å². The molecule has 0 bridgehead atoms. The smallest absolute Gasteiger partial charge is 0.134 e. The van der Waals surface area contributed by atoms with Crippen molar-refractivity contribution in [2.24, 2.45) is 0 Å². The first-order valence-electron chi connectivity index (χ1n) is 7.69. The molecule has 7 nitrogen and oxygen atoms in total. The van der Waals surface area contributed by atoms with Gasteiger partial charge in [0.1, 0.15) is 18.0 Å². The van der Waals surface area contributed by atoms with Crippen molar-refractivity contribution in [3.05, 3.63) is 36.4 Å². The lowest BCUT2D eigenvalue weighted by Crippen LogP contribution is -2.35. The first-order valence-corrected chi connectivity index (χ1v) is 7.69. The van der Waals surface area contributed by atoms with Crippen LogP contribution in [-0.4, -0.2) is 47.3 Å². The number of rotatable bonds is 5. The summed E-state index contributed by atoms with van der Waals surface area (Å²) < 4.78 is 5.54. The van der Waals surface area contributed by atoms with E-state index < -0.39 is 0 Å². The Balaban J connectivity index is 1.72. The van der Waals surface area contributed by atoms with Crippen LogP contribution in [0, 0.1) is 6.92 Å². The minimum atomic E-state index is 0.192. The van der Waals surface area contributed by atoms with Gasteiger partial charge >= 0.3 is 0 Å². The first-order chi connectivity index (χ1) is 11.2. The van der Waals surface area contributed by atoms with E-state index in [9.17, 15) is 0 Å². The van der Waals surface area contributed by atoms with Gasteiger partial charge in [0.2, 0.25) is 0 Å². The summed E-state index contributed by atoms with van der Waals surface area (Å²) in [5.74, 6) is 1.32. The summed E-state index contributed by atoms with van der Waals surface area (Å²) in [6, 6.07) is 6.10. The minimum absolute atomic E-state index is 0.192. The van der Waals surface area contributed by atoms with Gasteiger partial charge in [-0.3, -0.25) is 4.98 Å². The van der Waals surface area contributed by atoms with Gasteiger partial charge in [0.15, 0.2) is 0 Å². The molecule has 0 aliphatic carbocycles. The van der Waals surface area contributed by atoms with Crippen molar-refractivity contribution in [3.8, 4) is 0 Å². The van der Waals surface area contributed by atoms with E-state index in [1.165, 1.54) is 6.33 Å². The summed E-state index contributed by atoms with van der Waals surface area (Å²) in [6.45, 7) is 3.58. The van der Waals surface area contributed by atoms with Crippen LogP contribution in [0.5, 0.6) is 0 Å². The molecule has 1 aliphatic rings. The molecule has 0 radical (unpaired) electrons. The van der Waals surface area contributed by atoms with E-state index in [2.05, 4.69) is 25.2 Å². The number of aromatic nitrogens is 3. The Labute approximate surface area is 135 Å². The van der Waals surface area contributed by atoms with Gasteiger partial charge in [-0.05, 0) is 25.5 Å². The van der Waals surface area contributed by atoms with Gasteiger partial charge in [0.25, 0.3) is 0 Å². The molecule has 3 N–H and O–H groups in total. The van der Waals surface area contributed by atoms with Crippen LogP contribution in [0.1, 0.15) is 12.1 Å². The van der Waals surface area contributed by atoms with Gasteiger partial charge in [-0.25, -0.2) is 9.97 Å². The zero-order valence-electron chi connectivity index (χ0n) is 13.4. The molecule has 1 aliphatic heterocycles. The zero-order chi connectivity index (χ0) is 16.2. The predicted octanol–water partition coefficient (Wildman–Crippen LogP) is 1.47. The molecule has 1 fully saturated rings. The minimum Gasteiger partial charge on any atom is -0.384 e. The number of methoxy groups -OCH3 is 1. The number of aryl methyl sites for hydroxylation is 1. The van der Waals surface area contributed by atoms with Crippen LogP contribution in [0.15, 0.2) is 30.7 Å². The fourth-order valence-corrected chi connectivity index (χ4v) is 2.93. The molecule has 1 saturated heterocycles. The third-order valence-electron chi connectivity index (χ3n) is 4.12. The number of pyridine rings is 1. The number of nitrogen functional groups attached to an aromatic ring is 1. The fourth-order valence-electron chi connectivity index (χ4n) is 2.93. The van der Waals surface area contributed by atoms with E-state index in [1.807, 2.05) is 31.3 Å². The monoisotopic (exact) mass is 314 g/mol. The highest BCUT2D eigenvalue weighted by molar-refractivity contribution is 5.49. The standard InChI is InChI=1S/C16H22N6O/c1-11-5-12(3-4-18-11)19-8-13-6-14(23-2)9-22(13)16-7-15(17)20-10-21-16/h3-5,7,10,13-14H,6,8-9H2,1-2H3,(H,18,19)(H2,17,20,21)/t13-,14-/m1/s1. The molecule has 2 atom stereocenters. The van der Waals surface area contributed by atoms with Gasteiger partial charge in [-0.15, -0.1) is 0 Å². The van der Waals surface area contributed by atoms with Crippen LogP contribution < -0.4 is 16.0 Å². The largest absolute Gasteiger partial charge is 0.384 e. The van der Waals surface area contributed by atoms with Gasteiger partial charge in [0.05, 0.1) is 12.1 Å². The van der Waals surface area contributed by atoms with Crippen molar-refractivity contribution >= 4 is 17.3 Å². The van der Waals surface area contributed by atoms with Crippen molar-refractivity contribution in [1.82, 2.24) is 15.0 Å². The summed E-state index contributed by atoms with van der Waals surface area (Å²) in [4.78, 5) is 14.8. The highest BCUT2D eigenvalue weighted by atomic mass is 16.5. The average Bonchev–Trinajstić information content (AvgIpc) is 2.96. The molecule has 122 valence electrons. The fraction of sp³-hybridized carbons (Fsp3) is 0.438. The van der Waals surface area contributed by atoms with E-state index in [4.69, 9.17) is 10.5 Å². The number of hydrogen-bond acceptors (Lipinski definition) is 7. The van der Waals surface area contributed by atoms with Crippen LogP contribution in [0.25, 0.3) is 0 Å². The summed E-state index contributed by atoms with van der Waals surface area (Å²) >= 11 is 0. The van der Waals surface area contributed by atoms with Crippen molar-refractivity contribution < 1.29 is 4.74 Å². The van der Waals surface area contributed by atoms with Gasteiger partial charge in [-0.2, -0.15) is 0 Å². The van der Waals surface area contributed by atoms with Crippen LogP contribution in [0.4, 0.5) is 17.3 Å². The van der Waals surface area contributed by atoms with Crippen molar-refractivity contribution in [3.63, 3.8) is 0 Å². The number of hydrogen-bond donors (Lipinski definition) is 2. The lowest BCUT2D eigenvalue weighted by atomic mass is 10.2. The lowest BCUT2D eigenvalue weighted by Gasteiger charge is -2.26. The number of nitrogens with zero attached hydrogens (tertiary/aromatic N) is 4. The first kappa shape index (κ1) is 15.5. The maximum Gasteiger partial charge on any atom is 0.134 e. The third kappa shape index (κ3) is 3.68. The second-order valence-electron chi connectivity index (χ2n) is 5.77. The Morgan fingerprint density at radius 1 is 1.35 bits per heavy atom. The molecular formula is C16H22N6O. The highest BCUT2D eigenvalue weighted by Gasteiger charge is 2.33. The van der Waals surface area contributed by atoms with Crippen LogP contribution in [-0.2, 0) is 4.74 Å². The van der Waals surface area contributed by atoms with Crippen LogP contribution in [0.3, 0.4) is 0 Å². The quantitative estimate of drug-likeness (QED) is 0.863. The Morgan fingerprint density at radius 3 is 2.96 bits per heavy atom. The van der Waals surface area contributed by atoms with Crippen molar-refractivity contribution in [1.29, 1.82) is 0 Å². The topological polar surface area (TPSA) is 89.2 Å². The van der Waals surface area contributed by atoms with Crippen molar-refractivity contribution in [2.75, 3.05) is 36.1 Å². The van der Waals surface area contributed by atoms with Gasteiger partial charge in [-0.1, -0.05) is 0 Å². The normalized spacial score (nSPS) is 20.7. The second kappa shape index (κ2) is 6.78. The number of ether oxygens (including phenoxy) is 1. The maximum absolute atomic E-state index is 5.79. The molecule has 2 aromatic rings. The van der Waals surface area contributed by atoms with E-state index in [0.29, 0.717) is 5.82 Å². The number of anilines is 3. The molecule has 3 heterocycles. The van der Waals surface area contributed by atoms with E-state index in [-0.39, 0.29) is 12.1 Å². The maximum atomic E-state index is 5.79. The number of nitrogens with one attached hydrogen (secondary N) is 1. The van der Waals surface area contributed by atoms with E-state index >= 15 is 0 Å². The summed E-state index contributed by atoms with van der Waals surface area (Å²) in [7, 11) is 1.75. The summed E-state index contributed by atoms with van der Waals surface area (Å²) in [5.41, 5.74) is 7.86. The van der Waals surface area contributed by atoms with Gasteiger partial charge in [0, 0.05) is 43.8 Å². The zero-order valence-corrected chi connectivity index (χ0v) is 13.4. The Morgan fingerprint density at radius 2 is 2.22 bits per heavy atom. The van der Waals surface area contributed by atoms with E-state index in [0.717, 1.165) is 36.7 Å². The molecule has 0 saturated carbocycles. The molecule has 0 amide bonds. The molecular weight excluding hydrogens is 292 g/mol. The lowest BCUT2D eigenvalue weighted by molar-refractivity contribution is 0.118. The molecule has 23 heavy (non-hydrogen) atoms. The molecule has 2 aromatic heterocycles. The molecule has 0 aromatic carbocycles. The Bertz CT molecular complexity index is 665. The summed E-state index contributed by atoms with van der Waals surface area (Å²) in [6.07, 6.45) is 4.45. The number of nitrogens with two attached hydrogens (primary N) is 1. The van der Waals surface area contributed by atoms with Gasteiger partial charge < -0.3 is 20.7 Å². The Hall–Kier alpha value is -2.41. The molecule has 7 heteroatoms. The van der Waals surface area contributed by atoms with Crippen molar-refractivity contribution in [2.45, 2.75) is 25.5 Å². The highest BCUT2D eigenvalue weighted by Crippen LogP contribution is 2.26. The Kier molecular flexibility index (Phi) is 4.57. The summed E-state index contributed by atoms with van der Waals surface area (Å²) in [5, 5.41) is 3.47. The predicted molar refractivity (Wildman–Crippen MR) is 90.5 cm³/mol. The molecule has 3 rings (SSSR count). The molecule has 0 unspecified atom stereocenters. The van der Waals surface area contributed by atoms with Crippen LogP contribution in [0.2, 0.25) is 0 Å². The average molecular weight is 314 g/mol.